The van der Waals surface area contributed by atoms with Crippen LogP contribution < -0.4 is 5.32 Å². The second kappa shape index (κ2) is 8.07. The molecule has 1 N–H and O–H groups in total. The number of halogens is 1. The third-order valence-electron chi connectivity index (χ3n) is 1.94. The molecule has 0 aliphatic heterocycles. The maximum atomic E-state index is 11.3. The highest BCUT2D eigenvalue weighted by molar-refractivity contribution is 9.09. The highest BCUT2D eigenvalue weighted by Gasteiger charge is 2.16. The van der Waals surface area contributed by atoms with Crippen LogP contribution in [-0.2, 0) is 9.53 Å². The number of alkyl halides is 1. The fourth-order valence-corrected chi connectivity index (χ4v) is 2.45. The summed E-state index contributed by atoms with van der Waals surface area (Å²) in [5, 5.41) is 2.85. The monoisotopic (exact) mass is 293 g/mol. The Hall–Kier alpha value is -0.0900. The highest BCUT2D eigenvalue weighted by Crippen LogP contribution is 2.23. The maximum Gasteiger partial charge on any atom is 0.246 e. The fraction of sp³-hybridized carbons (Fsp3) is 0.917. The van der Waals surface area contributed by atoms with Crippen molar-refractivity contribution in [3.8, 4) is 0 Å². The summed E-state index contributed by atoms with van der Waals surface area (Å²) in [6.45, 7) is 10.1. The van der Waals surface area contributed by atoms with Gasteiger partial charge < -0.3 is 10.1 Å². The van der Waals surface area contributed by atoms with Gasteiger partial charge in [0.2, 0.25) is 5.91 Å². The van der Waals surface area contributed by atoms with Crippen molar-refractivity contribution < 1.29 is 9.53 Å². The number of hydrogen-bond acceptors (Lipinski definition) is 2. The van der Waals surface area contributed by atoms with Gasteiger partial charge in [0, 0.05) is 18.0 Å². The summed E-state index contributed by atoms with van der Waals surface area (Å²) in [6, 6.07) is 0. The van der Waals surface area contributed by atoms with Gasteiger partial charge in [0.1, 0.15) is 6.61 Å². The van der Waals surface area contributed by atoms with Crippen LogP contribution >= 0.6 is 15.9 Å². The predicted octanol–water partition coefficient (Wildman–Crippen LogP) is 2.73. The third-order valence-corrected chi connectivity index (χ3v) is 2.58. The van der Waals surface area contributed by atoms with Gasteiger partial charge in [-0.15, -0.1) is 0 Å². The Morgan fingerprint density at radius 2 is 2.06 bits per heavy atom. The number of amides is 1. The molecule has 96 valence electrons. The number of carbonyl (C=O) groups is 1. The van der Waals surface area contributed by atoms with Crippen molar-refractivity contribution in [2.24, 2.45) is 5.41 Å². The zero-order valence-corrected chi connectivity index (χ0v) is 12.4. The molecular formula is C12H24BrNO2. The minimum atomic E-state index is -0.0354. The molecule has 1 amide bonds. The summed E-state index contributed by atoms with van der Waals surface area (Å²) < 4.78 is 5.15. The lowest BCUT2D eigenvalue weighted by Crippen LogP contribution is -2.33. The first-order valence-electron chi connectivity index (χ1n) is 5.83. The quantitative estimate of drug-likeness (QED) is 0.579. The lowest BCUT2D eigenvalue weighted by molar-refractivity contribution is -0.125. The molecule has 16 heavy (non-hydrogen) atoms. The Labute approximate surface area is 107 Å². The SMILES string of the molecule is CCCOCC(=O)NCC(Br)CC(C)(C)C. The second-order valence-electron chi connectivity index (χ2n) is 5.22. The van der Waals surface area contributed by atoms with Gasteiger partial charge >= 0.3 is 0 Å². The van der Waals surface area contributed by atoms with Crippen molar-refractivity contribution in [3.63, 3.8) is 0 Å². The van der Waals surface area contributed by atoms with Crippen LogP contribution in [0.3, 0.4) is 0 Å². The third kappa shape index (κ3) is 10.4. The summed E-state index contributed by atoms with van der Waals surface area (Å²) >= 11 is 3.57. The molecule has 0 radical (unpaired) electrons. The molecule has 4 heteroatoms. The Morgan fingerprint density at radius 1 is 1.44 bits per heavy atom. The van der Waals surface area contributed by atoms with E-state index in [0.29, 0.717) is 18.0 Å². The van der Waals surface area contributed by atoms with Crippen LogP contribution in [0.15, 0.2) is 0 Å². The zero-order valence-electron chi connectivity index (χ0n) is 10.8. The number of ether oxygens (including phenoxy) is 1. The van der Waals surface area contributed by atoms with E-state index in [9.17, 15) is 4.79 Å². The summed E-state index contributed by atoms with van der Waals surface area (Å²) in [7, 11) is 0. The molecule has 0 spiro atoms. The minimum Gasteiger partial charge on any atom is -0.372 e. The molecule has 0 aromatic heterocycles. The van der Waals surface area contributed by atoms with Crippen molar-refractivity contribution in [1.29, 1.82) is 0 Å². The summed E-state index contributed by atoms with van der Waals surface area (Å²) in [5.74, 6) is -0.0354. The van der Waals surface area contributed by atoms with Crippen LogP contribution in [0.4, 0.5) is 0 Å². The standard InChI is InChI=1S/C12H24BrNO2/c1-5-6-16-9-11(15)14-8-10(13)7-12(2,3)4/h10H,5-9H2,1-4H3,(H,14,15). The molecule has 0 aromatic rings. The molecule has 0 aliphatic rings. The van der Waals surface area contributed by atoms with Gasteiger partial charge in [0.05, 0.1) is 0 Å². The van der Waals surface area contributed by atoms with Crippen LogP contribution in [0.25, 0.3) is 0 Å². The lowest BCUT2D eigenvalue weighted by Gasteiger charge is -2.22. The number of hydrogen-bond donors (Lipinski definition) is 1. The van der Waals surface area contributed by atoms with Crippen molar-refractivity contribution in [2.75, 3.05) is 19.8 Å². The van der Waals surface area contributed by atoms with Crippen molar-refractivity contribution in [3.05, 3.63) is 0 Å². The maximum absolute atomic E-state index is 11.3. The van der Waals surface area contributed by atoms with Gasteiger partial charge in [-0.1, -0.05) is 43.6 Å². The molecule has 1 unspecified atom stereocenters. The average Bonchev–Trinajstić information content (AvgIpc) is 2.12. The van der Waals surface area contributed by atoms with Crippen LogP contribution in [-0.4, -0.2) is 30.5 Å². The van der Waals surface area contributed by atoms with E-state index in [1.54, 1.807) is 0 Å². The Kier molecular flexibility index (Phi) is 8.02. The van der Waals surface area contributed by atoms with Crippen LogP contribution in [0.2, 0.25) is 0 Å². The second-order valence-corrected chi connectivity index (χ2v) is 6.51. The summed E-state index contributed by atoms with van der Waals surface area (Å²) in [6.07, 6.45) is 1.97. The molecule has 1 atom stereocenters. The van der Waals surface area contributed by atoms with Gasteiger partial charge in [0.25, 0.3) is 0 Å². The van der Waals surface area contributed by atoms with Crippen molar-refractivity contribution in [2.45, 2.75) is 45.4 Å². The molecule has 0 fully saturated rings. The van der Waals surface area contributed by atoms with E-state index in [4.69, 9.17) is 4.74 Å². The topological polar surface area (TPSA) is 38.3 Å². The molecule has 0 saturated carbocycles. The summed E-state index contributed by atoms with van der Waals surface area (Å²) in [5.41, 5.74) is 0.275. The van der Waals surface area contributed by atoms with E-state index < -0.39 is 0 Å². The summed E-state index contributed by atoms with van der Waals surface area (Å²) in [4.78, 5) is 11.7. The van der Waals surface area contributed by atoms with Crippen molar-refractivity contribution in [1.82, 2.24) is 5.32 Å². The molecule has 0 saturated heterocycles. The minimum absolute atomic E-state index is 0.0354. The van der Waals surface area contributed by atoms with Crippen molar-refractivity contribution >= 4 is 21.8 Å². The van der Waals surface area contributed by atoms with E-state index >= 15 is 0 Å². The van der Waals surface area contributed by atoms with E-state index in [1.165, 1.54) is 0 Å². The Morgan fingerprint density at radius 3 is 2.56 bits per heavy atom. The van der Waals surface area contributed by atoms with E-state index in [2.05, 4.69) is 42.0 Å². The lowest BCUT2D eigenvalue weighted by atomic mass is 9.90. The first-order valence-corrected chi connectivity index (χ1v) is 6.75. The predicted molar refractivity (Wildman–Crippen MR) is 70.9 cm³/mol. The average molecular weight is 294 g/mol. The molecule has 3 nitrogen and oxygen atoms in total. The molecular weight excluding hydrogens is 270 g/mol. The number of nitrogens with one attached hydrogen (secondary N) is 1. The Bertz CT molecular complexity index is 202. The molecule has 0 heterocycles. The van der Waals surface area contributed by atoms with Crippen LogP contribution in [0.1, 0.15) is 40.5 Å². The number of carbonyl (C=O) groups excluding carboxylic acids is 1. The normalized spacial score (nSPS) is 13.6. The first-order chi connectivity index (χ1) is 7.35. The largest absolute Gasteiger partial charge is 0.372 e. The van der Waals surface area contributed by atoms with Crippen LogP contribution in [0.5, 0.6) is 0 Å². The zero-order chi connectivity index (χ0) is 12.6. The van der Waals surface area contributed by atoms with Gasteiger partial charge in [0.15, 0.2) is 0 Å². The van der Waals surface area contributed by atoms with Gasteiger partial charge in [-0.3, -0.25) is 4.79 Å². The number of rotatable bonds is 7. The highest BCUT2D eigenvalue weighted by atomic mass is 79.9. The Balaban J connectivity index is 3.59. The van der Waals surface area contributed by atoms with Gasteiger partial charge in [-0.2, -0.15) is 0 Å². The van der Waals surface area contributed by atoms with Gasteiger partial charge in [-0.25, -0.2) is 0 Å². The molecule has 0 aliphatic carbocycles. The first kappa shape index (κ1) is 15.9. The molecule has 0 bridgehead atoms. The molecule has 0 rings (SSSR count). The van der Waals surface area contributed by atoms with Crippen LogP contribution in [0, 0.1) is 5.41 Å². The van der Waals surface area contributed by atoms with E-state index in [0.717, 1.165) is 12.8 Å². The fourth-order valence-electron chi connectivity index (χ4n) is 1.32. The van der Waals surface area contributed by atoms with E-state index in [-0.39, 0.29) is 17.9 Å². The van der Waals surface area contributed by atoms with Gasteiger partial charge in [-0.05, 0) is 18.3 Å². The van der Waals surface area contributed by atoms with E-state index in [1.807, 2.05) is 6.92 Å². The molecule has 0 aromatic carbocycles. The smallest absolute Gasteiger partial charge is 0.246 e.